The van der Waals surface area contributed by atoms with Crippen LogP contribution in [0.3, 0.4) is 0 Å². The Morgan fingerprint density at radius 1 is 1.29 bits per heavy atom. The van der Waals surface area contributed by atoms with Crippen molar-refractivity contribution in [2.75, 3.05) is 6.61 Å². The van der Waals surface area contributed by atoms with E-state index in [4.69, 9.17) is 4.74 Å². The Labute approximate surface area is 92.0 Å². The van der Waals surface area contributed by atoms with Crippen LogP contribution in [0.1, 0.15) is 24.3 Å². The molecule has 2 rings (SSSR count). The molecular formula is C11H13BrO2. The molecule has 0 saturated carbocycles. The van der Waals surface area contributed by atoms with Gasteiger partial charge in [-0.2, -0.15) is 0 Å². The van der Waals surface area contributed by atoms with Gasteiger partial charge in [-0.15, -0.1) is 0 Å². The highest BCUT2D eigenvalue weighted by atomic mass is 79.9. The van der Waals surface area contributed by atoms with Gasteiger partial charge in [-0.25, -0.2) is 0 Å². The molecule has 0 unspecified atom stereocenters. The molecule has 0 aromatic heterocycles. The monoisotopic (exact) mass is 256 g/mol. The summed E-state index contributed by atoms with van der Waals surface area (Å²) >= 11 is 3.39. The maximum absolute atomic E-state index is 9.66. The summed E-state index contributed by atoms with van der Waals surface area (Å²) < 4.78 is 6.28. The number of hydrogen-bond acceptors (Lipinski definition) is 2. The van der Waals surface area contributed by atoms with E-state index in [0.717, 1.165) is 22.9 Å². The van der Waals surface area contributed by atoms with Crippen LogP contribution in [0.25, 0.3) is 0 Å². The highest BCUT2D eigenvalue weighted by Crippen LogP contribution is 2.30. The van der Waals surface area contributed by atoms with Crippen molar-refractivity contribution in [3.63, 3.8) is 0 Å². The fraction of sp³-hybridized carbons (Fsp3) is 0.455. The summed E-state index contributed by atoms with van der Waals surface area (Å²) in [4.78, 5) is 0. The molecule has 1 saturated heterocycles. The fourth-order valence-electron chi connectivity index (χ4n) is 1.81. The number of hydrogen-bond donors (Lipinski definition) is 1. The summed E-state index contributed by atoms with van der Waals surface area (Å²) in [5, 5.41) is 9.66. The predicted octanol–water partition coefficient (Wildman–Crippen LogP) is 2.66. The standard InChI is InChI=1S/C11H13BrO2/c12-9-5-3-8(4-6-9)10-2-1-7-14-11(10)13/h3-6,10-11,13H,1-2,7H2/t10-,11+/m0/s1. The number of aliphatic hydroxyl groups excluding tert-OH is 1. The molecule has 1 heterocycles. The second kappa shape index (κ2) is 4.43. The van der Waals surface area contributed by atoms with E-state index in [0.29, 0.717) is 6.61 Å². The molecule has 1 fully saturated rings. The van der Waals surface area contributed by atoms with E-state index >= 15 is 0 Å². The van der Waals surface area contributed by atoms with Crippen LogP contribution in [0.2, 0.25) is 0 Å². The molecule has 1 aromatic rings. The summed E-state index contributed by atoms with van der Waals surface area (Å²) in [5.74, 6) is 0.136. The van der Waals surface area contributed by atoms with E-state index in [9.17, 15) is 5.11 Å². The van der Waals surface area contributed by atoms with Crippen LogP contribution in [0, 0.1) is 0 Å². The molecule has 1 aliphatic rings. The van der Waals surface area contributed by atoms with Crippen LogP contribution >= 0.6 is 15.9 Å². The summed E-state index contributed by atoms with van der Waals surface area (Å²) in [7, 11) is 0. The van der Waals surface area contributed by atoms with Crippen molar-refractivity contribution in [3.05, 3.63) is 34.3 Å². The zero-order valence-electron chi connectivity index (χ0n) is 7.82. The Kier molecular flexibility index (Phi) is 3.21. The van der Waals surface area contributed by atoms with Crippen molar-refractivity contribution in [1.82, 2.24) is 0 Å². The Balaban J connectivity index is 2.16. The van der Waals surface area contributed by atoms with Gasteiger partial charge < -0.3 is 9.84 Å². The van der Waals surface area contributed by atoms with Crippen molar-refractivity contribution in [2.45, 2.75) is 25.0 Å². The van der Waals surface area contributed by atoms with Crippen molar-refractivity contribution >= 4 is 15.9 Å². The van der Waals surface area contributed by atoms with Gasteiger partial charge in [0.15, 0.2) is 6.29 Å². The van der Waals surface area contributed by atoms with E-state index in [1.807, 2.05) is 24.3 Å². The summed E-state index contributed by atoms with van der Waals surface area (Å²) in [6.45, 7) is 0.675. The topological polar surface area (TPSA) is 29.5 Å². The third-order valence-electron chi connectivity index (χ3n) is 2.59. The van der Waals surface area contributed by atoms with E-state index in [2.05, 4.69) is 15.9 Å². The van der Waals surface area contributed by atoms with Gasteiger partial charge in [0.25, 0.3) is 0 Å². The molecule has 0 amide bonds. The molecule has 14 heavy (non-hydrogen) atoms. The maximum atomic E-state index is 9.66. The number of aliphatic hydroxyl groups is 1. The molecular weight excluding hydrogens is 244 g/mol. The van der Waals surface area contributed by atoms with Crippen LogP contribution in [0.15, 0.2) is 28.7 Å². The summed E-state index contributed by atoms with van der Waals surface area (Å²) in [6.07, 6.45) is 1.39. The van der Waals surface area contributed by atoms with Gasteiger partial charge in [0.05, 0.1) is 0 Å². The van der Waals surface area contributed by atoms with E-state index in [1.54, 1.807) is 0 Å². The number of halogens is 1. The predicted molar refractivity (Wildman–Crippen MR) is 58.1 cm³/mol. The lowest BCUT2D eigenvalue weighted by Gasteiger charge is -2.28. The van der Waals surface area contributed by atoms with E-state index < -0.39 is 6.29 Å². The van der Waals surface area contributed by atoms with Crippen molar-refractivity contribution in [3.8, 4) is 0 Å². The lowest BCUT2D eigenvalue weighted by atomic mass is 9.92. The third-order valence-corrected chi connectivity index (χ3v) is 3.12. The van der Waals surface area contributed by atoms with Crippen molar-refractivity contribution < 1.29 is 9.84 Å². The Hall–Kier alpha value is -0.380. The minimum atomic E-state index is -0.634. The van der Waals surface area contributed by atoms with Crippen molar-refractivity contribution in [1.29, 1.82) is 0 Å². The fourth-order valence-corrected chi connectivity index (χ4v) is 2.07. The number of ether oxygens (including phenoxy) is 1. The van der Waals surface area contributed by atoms with Gasteiger partial charge in [-0.1, -0.05) is 28.1 Å². The second-order valence-corrected chi connectivity index (χ2v) is 4.48. The molecule has 3 heteroatoms. The molecule has 0 bridgehead atoms. The summed E-state index contributed by atoms with van der Waals surface area (Å²) in [6, 6.07) is 8.06. The average molecular weight is 257 g/mol. The van der Waals surface area contributed by atoms with E-state index in [1.165, 1.54) is 0 Å². The smallest absolute Gasteiger partial charge is 0.161 e. The van der Waals surface area contributed by atoms with Crippen LogP contribution < -0.4 is 0 Å². The Bertz CT molecular complexity index is 297. The first-order valence-electron chi connectivity index (χ1n) is 4.82. The molecule has 2 atom stereocenters. The molecule has 0 radical (unpaired) electrons. The van der Waals surface area contributed by atoms with Gasteiger partial charge in [0.1, 0.15) is 0 Å². The van der Waals surface area contributed by atoms with Crippen LogP contribution in [-0.2, 0) is 4.74 Å². The minimum absolute atomic E-state index is 0.136. The zero-order chi connectivity index (χ0) is 9.97. The first-order valence-corrected chi connectivity index (χ1v) is 5.62. The highest BCUT2D eigenvalue weighted by molar-refractivity contribution is 9.10. The lowest BCUT2D eigenvalue weighted by Crippen LogP contribution is -2.27. The Morgan fingerprint density at radius 2 is 2.00 bits per heavy atom. The van der Waals surface area contributed by atoms with Crippen molar-refractivity contribution in [2.24, 2.45) is 0 Å². The van der Waals surface area contributed by atoms with Crippen LogP contribution in [-0.4, -0.2) is 18.0 Å². The number of benzene rings is 1. The first-order chi connectivity index (χ1) is 6.77. The van der Waals surface area contributed by atoms with Crippen LogP contribution in [0.4, 0.5) is 0 Å². The third kappa shape index (κ3) is 2.16. The normalized spacial score (nSPS) is 27.6. The molecule has 1 aliphatic heterocycles. The SMILES string of the molecule is O[C@@H]1OCCC[C@H]1c1ccc(Br)cc1. The first kappa shape index (κ1) is 10.1. The second-order valence-electron chi connectivity index (χ2n) is 3.56. The van der Waals surface area contributed by atoms with Gasteiger partial charge >= 0.3 is 0 Å². The number of rotatable bonds is 1. The molecule has 1 N–H and O–H groups in total. The molecule has 0 aliphatic carbocycles. The largest absolute Gasteiger partial charge is 0.367 e. The molecule has 76 valence electrons. The Morgan fingerprint density at radius 3 is 2.64 bits per heavy atom. The summed E-state index contributed by atoms with van der Waals surface area (Å²) in [5.41, 5.74) is 1.15. The zero-order valence-corrected chi connectivity index (χ0v) is 9.40. The maximum Gasteiger partial charge on any atom is 0.161 e. The lowest BCUT2D eigenvalue weighted by molar-refractivity contribution is -0.137. The molecule has 0 spiro atoms. The van der Waals surface area contributed by atoms with E-state index in [-0.39, 0.29) is 5.92 Å². The molecule has 2 nitrogen and oxygen atoms in total. The molecule has 1 aromatic carbocycles. The van der Waals surface area contributed by atoms with Gasteiger partial charge in [0.2, 0.25) is 0 Å². The van der Waals surface area contributed by atoms with Gasteiger partial charge in [-0.3, -0.25) is 0 Å². The van der Waals surface area contributed by atoms with Crippen LogP contribution in [0.5, 0.6) is 0 Å². The minimum Gasteiger partial charge on any atom is -0.367 e. The highest BCUT2D eigenvalue weighted by Gasteiger charge is 2.24. The average Bonchev–Trinajstić information content (AvgIpc) is 2.20. The van der Waals surface area contributed by atoms with Gasteiger partial charge in [-0.05, 0) is 30.5 Å². The van der Waals surface area contributed by atoms with Gasteiger partial charge in [0, 0.05) is 17.0 Å². The quantitative estimate of drug-likeness (QED) is 0.838.